The Hall–Kier alpha value is -2.66. The lowest BCUT2D eigenvalue weighted by Crippen LogP contribution is -2.28. The number of ketones is 2. The lowest BCUT2D eigenvalue weighted by Gasteiger charge is -2.19. The van der Waals surface area contributed by atoms with Crippen molar-refractivity contribution >= 4 is 23.2 Å². The third-order valence-corrected chi connectivity index (χ3v) is 3.93. The van der Waals surface area contributed by atoms with Gasteiger partial charge in [-0.05, 0) is 24.3 Å². The van der Waals surface area contributed by atoms with Gasteiger partial charge in [-0.15, -0.1) is 0 Å². The van der Waals surface area contributed by atoms with E-state index in [9.17, 15) is 14.0 Å². The summed E-state index contributed by atoms with van der Waals surface area (Å²) in [6, 6.07) is 12.3. The van der Waals surface area contributed by atoms with Crippen LogP contribution in [0.3, 0.4) is 0 Å². The molecule has 1 aliphatic rings. The van der Waals surface area contributed by atoms with Crippen LogP contribution in [0.25, 0.3) is 0 Å². The molecule has 0 saturated carbocycles. The van der Waals surface area contributed by atoms with Gasteiger partial charge < -0.3 is 9.80 Å². The SMILES string of the molecule is O=C(CN1[CH]N(CC(=O)c2cccc(Cl)c2)C=C1)c1cccc(F)c1. The molecular formula is C19H15ClFN2O2. The Bertz CT molecular complexity index is 770. The molecule has 0 aromatic heterocycles. The van der Waals surface area contributed by atoms with E-state index in [2.05, 4.69) is 0 Å². The van der Waals surface area contributed by atoms with Gasteiger partial charge in [-0.3, -0.25) is 9.59 Å². The quantitative estimate of drug-likeness (QED) is 0.738. The molecule has 4 nitrogen and oxygen atoms in total. The van der Waals surface area contributed by atoms with E-state index in [0.29, 0.717) is 16.1 Å². The number of halogens is 2. The Labute approximate surface area is 150 Å². The van der Waals surface area contributed by atoms with Gasteiger partial charge in [-0.25, -0.2) is 4.39 Å². The summed E-state index contributed by atoms with van der Waals surface area (Å²) in [5.41, 5.74) is 0.846. The Balaban J connectivity index is 1.54. The van der Waals surface area contributed by atoms with Gasteiger partial charge in [0.05, 0.1) is 13.1 Å². The van der Waals surface area contributed by atoms with Gasteiger partial charge in [-0.2, -0.15) is 0 Å². The van der Waals surface area contributed by atoms with Crippen LogP contribution >= 0.6 is 11.6 Å². The van der Waals surface area contributed by atoms with E-state index >= 15 is 0 Å². The maximum atomic E-state index is 13.2. The molecule has 0 bridgehead atoms. The topological polar surface area (TPSA) is 40.6 Å². The molecule has 25 heavy (non-hydrogen) atoms. The van der Waals surface area contributed by atoms with Crippen molar-refractivity contribution in [1.29, 1.82) is 0 Å². The number of carbonyl (C=O) groups excluding carboxylic acids is 2. The molecule has 0 N–H and O–H groups in total. The lowest BCUT2D eigenvalue weighted by molar-refractivity contribution is 0.0947. The molecule has 0 aliphatic carbocycles. The molecule has 0 atom stereocenters. The minimum atomic E-state index is -0.444. The minimum absolute atomic E-state index is 0.0712. The number of carbonyl (C=O) groups is 2. The van der Waals surface area contributed by atoms with Crippen molar-refractivity contribution in [3.8, 4) is 0 Å². The zero-order valence-corrected chi connectivity index (χ0v) is 14.0. The van der Waals surface area contributed by atoms with E-state index in [1.807, 2.05) is 0 Å². The fraction of sp³-hybridized carbons (Fsp3) is 0.105. The van der Waals surface area contributed by atoms with Crippen LogP contribution in [0.15, 0.2) is 60.9 Å². The van der Waals surface area contributed by atoms with Gasteiger partial charge in [0, 0.05) is 28.5 Å². The van der Waals surface area contributed by atoms with Crippen molar-refractivity contribution in [2.24, 2.45) is 0 Å². The summed E-state index contributed by atoms with van der Waals surface area (Å²) in [5, 5.41) is 0.508. The molecule has 127 valence electrons. The molecule has 2 aromatic carbocycles. The predicted molar refractivity (Wildman–Crippen MR) is 93.4 cm³/mol. The molecule has 1 heterocycles. The number of Topliss-reactive ketones (excluding diaryl/α,β-unsaturated/α-hetero) is 2. The molecule has 0 saturated heterocycles. The second-order valence-corrected chi connectivity index (χ2v) is 6.06. The maximum absolute atomic E-state index is 13.2. The van der Waals surface area contributed by atoms with E-state index in [0.717, 1.165) is 0 Å². The number of benzene rings is 2. The molecule has 3 rings (SSSR count). The van der Waals surface area contributed by atoms with Crippen molar-refractivity contribution in [2.45, 2.75) is 0 Å². The zero-order valence-electron chi connectivity index (χ0n) is 13.2. The molecule has 2 aromatic rings. The first-order chi connectivity index (χ1) is 12.0. The summed E-state index contributed by atoms with van der Waals surface area (Å²) in [6.45, 7) is 1.88. The predicted octanol–water partition coefficient (Wildman–Crippen LogP) is 3.75. The summed E-state index contributed by atoms with van der Waals surface area (Å²) in [4.78, 5) is 27.8. The smallest absolute Gasteiger partial charge is 0.182 e. The normalized spacial score (nSPS) is 13.4. The van der Waals surface area contributed by atoms with E-state index in [-0.39, 0.29) is 24.7 Å². The molecule has 1 aliphatic heterocycles. The Kier molecular flexibility index (Phi) is 5.14. The second-order valence-electron chi connectivity index (χ2n) is 5.63. The first kappa shape index (κ1) is 17.2. The van der Waals surface area contributed by atoms with Gasteiger partial charge in [0.1, 0.15) is 12.5 Å². The summed E-state index contributed by atoms with van der Waals surface area (Å²) >= 11 is 5.90. The highest BCUT2D eigenvalue weighted by Gasteiger charge is 2.19. The highest BCUT2D eigenvalue weighted by Crippen LogP contribution is 2.16. The van der Waals surface area contributed by atoms with Gasteiger partial charge in [0.25, 0.3) is 0 Å². The summed E-state index contributed by atoms with van der Waals surface area (Å²) in [6.07, 6.45) is 3.41. The average Bonchev–Trinajstić information content (AvgIpc) is 3.01. The van der Waals surface area contributed by atoms with E-state index in [1.54, 1.807) is 59.2 Å². The number of rotatable bonds is 6. The Morgan fingerprint density at radius 2 is 1.44 bits per heavy atom. The van der Waals surface area contributed by atoms with Gasteiger partial charge in [0.2, 0.25) is 0 Å². The average molecular weight is 358 g/mol. The maximum Gasteiger partial charge on any atom is 0.182 e. The zero-order chi connectivity index (χ0) is 17.8. The van der Waals surface area contributed by atoms with Crippen LogP contribution in [0.2, 0.25) is 5.02 Å². The van der Waals surface area contributed by atoms with Gasteiger partial charge >= 0.3 is 0 Å². The van der Waals surface area contributed by atoms with Crippen LogP contribution in [-0.2, 0) is 0 Å². The number of hydrogen-bond acceptors (Lipinski definition) is 4. The van der Waals surface area contributed by atoms with Crippen molar-refractivity contribution in [3.63, 3.8) is 0 Å². The fourth-order valence-electron chi connectivity index (χ4n) is 2.46. The van der Waals surface area contributed by atoms with Crippen LogP contribution in [0.1, 0.15) is 20.7 Å². The first-order valence-corrected chi connectivity index (χ1v) is 8.01. The van der Waals surface area contributed by atoms with E-state index in [1.165, 1.54) is 18.2 Å². The molecule has 0 amide bonds. The summed E-state index contributed by atoms with van der Waals surface area (Å²) in [7, 11) is 0. The third kappa shape index (κ3) is 4.45. The summed E-state index contributed by atoms with van der Waals surface area (Å²) in [5.74, 6) is -0.731. The van der Waals surface area contributed by atoms with E-state index in [4.69, 9.17) is 11.6 Å². The molecule has 6 heteroatoms. The summed E-state index contributed by atoms with van der Waals surface area (Å²) < 4.78 is 13.2. The monoisotopic (exact) mass is 357 g/mol. The van der Waals surface area contributed by atoms with Gasteiger partial charge in [0.15, 0.2) is 11.6 Å². The standard InChI is InChI=1S/C19H15ClFN2O2/c20-16-5-1-3-14(9-16)18(24)11-22-7-8-23(13-22)12-19(25)15-4-2-6-17(21)10-15/h1-10,13H,11-12H2. The number of hydrogen-bond donors (Lipinski definition) is 0. The third-order valence-electron chi connectivity index (χ3n) is 3.69. The highest BCUT2D eigenvalue weighted by atomic mass is 35.5. The van der Waals surface area contributed by atoms with Crippen LogP contribution in [0.5, 0.6) is 0 Å². The molecule has 1 radical (unpaired) electrons. The second kappa shape index (κ2) is 7.49. The highest BCUT2D eigenvalue weighted by molar-refractivity contribution is 6.31. The molecule has 0 unspecified atom stereocenters. The molecular weight excluding hydrogens is 343 g/mol. The largest absolute Gasteiger partial charge is 0.345 e. The minimum Gasteiger partial charge on any atom is -0.345 e. The Morgan fingerprint density at radius 1 is 0.880 bits per heavy atom. The van der Waals surface area contributed by atoms with Crippen molar-refractivity contribution in [3.05, 3.63) is 89.6 Å². The van der Waals surface area contributed by atoms with Crippen LogP contribution < -0.4 is 0 Å². The Morgan fingerprint density at radius 3 is 2.00 bits per heavy atom. The van der Waals surface area contributed by atoms with Crippen LogP contribution in [0, 0.1) is 12.5 Å². The van der Waals surface area contributed by atoms with E-state index < -0.39 is 5.82 Å². The first-order valence-electron chi connectivity index (χ1n) is 7.63. The molecule has 0 fully saturated rings. The lowest BCUT2D eigenvalue weighted by atomic mass is 10.1. The fourth-order valence-corrected chi connectivity index (χ4v) is 2.65. The van der Waals surface area contributed by atoms with Crippen LogP contribution in [-0.4, -0.2) is 34.5 Å². The van der Waals surface area contributed by atoms with Crippen molar-refractivity contribution in [2.75, 3.05) is 13.1 Å². The molecule has 0 spiro atoms. The van der Waals surface area contributed by atoms with Gasteiger partial charge in [-0.1, -0.05) is 35.9 Å². The number of nitrogens with zero attached hydrogens (tertiary/aromatic N) is 2. The van der Waals surface area contributed by atoms with Crippen LogP contribution in [0.4, 0.5) is 4.39 Å². The van der Waals surface area contributed by atoms with Crippen molar-refractivity contribution < 1.29 is 14.0 Å². The van der Waals surface area contributed by atoms with Crippen molar-refractivity contribution in [1.82, 2.24) is 9.80 Å².